The molecule has 7 heteroatoms. The van der Waals surface area contributed by atoms with Crippen molar-refractivity contribution >= 4 is 28.6 Å². The van der Waals surface area contributed by atoms with Crippen molar-refractivity contribution in [2.24, 2.45) is 0 Å². The van der Waals surface area contributed by atoms with Crippen LogP contribution in [0.2, 0.25) is 0 Å². The number of pyridine rings is 2. The fourth-order valence-corrected chi connectivity index (χ4v) is 5.41. The molecule has 7 nitrogen and oxygen atoms in total. The number of rotatable bonds is 9. The Kier molecular flexibility index (Phi) is 8.99. The average Bonchev–Trinajstić information content (AvgIpc) is 2.96. The largest absolute Gasteiger partial charge is 0.384 e. The number of aromatic nitrogens is 2. The Labute approximate surface area is 226 Å². The van der Waals surface area contributed by atoms with E-state index in [4.69, 9.17) is 4.98 Å². The highest BCUT2D eigenvalue weighted by molar-refractivity contribution is 5.93. The number of nitrogens with zero attached hydrogens (tertiary/aromatic N) is 4. The maximum atomic E-state index is 12.4. The first-order valence-corrected chi connectivity index (χ1v) is 14.1. The molecule has 0 unspecified atom stereocenters. The Bertz CT molecular complexity index is 1230. The van der Waals surface area contributed by atoms with Gasteiger partial charge in [0.15, 0.2) is 0 Å². The third-order valence-electron chi connectivity index (χ3n) is 7.72. The van der Waals surface area contributed by atoms with Gasteiger partial charge in [-0.1, -0.05) is 30.7 Å². The normalized spacial score (nSPS) is 17.7. The fraction of sp³-hybridized carbons (Fsp3) is 0.452. The van der Waals surface area contributed by atoms with Crippen molar-refractivity contribution in [1.29, 1.82) is 0 Å². The van der Waals surface area contributed by atoms with E-state index in [0.717, 1.165) is 78.9 Å². The highest BCUT2D eigenvalue weighted by Crippen LogP contribution is 2.28. The van der Waals surface area contributed by atoms with Gasteiger partial charge in [-0.2, -0.15) is 0 Å². The molecule has 1 aromatic carbocycles. The molecule has 3 aromatic rings. The molecule has 2 saturated heterocycles. The summed E-state index contributed by atoms with van der Waals surface area (Å²) in [5, 5.41) is 7.83. The molecule has 0 saturated carbocycles. The zero-order valence-corrected chi connectivity index (χ0v) is 22.5. The summed E-state index contributed by atoms with van der Waals surface area (Å²) in [4.78, 5) is 26.5. The SMILES string of the molecule is CN1CCC(NC(=O)C=Cc2ccc(-c3cc(NCCCN4CCCCC4)c4cnccc4n3)cc2)CC1. The van der Waals surface area contributed by atoms with E-state index in [1.807, 2.05) is 30.5 Å². The number of benzene rings is 1. The number of hydrogen-bond donors (Lipinski definition) is 2. The molecule has 5 rings (SSSR count). The smallest absolute Gasteiger partial charge is 0.244 e. The third-order valence-corrected chi connectivity index (χ3v) is 7.72. The van der Waals surface area contributed by atoms with Crippen molar-refractivity contribution in [3.8, 4) is 11.3 Å². The van der Waals surface area contributed by atoms with Crippen LogP contribution in [0.5, 0.6) is 0 Å². The number of amides is 1. The number of piperidine rings is 2. The van der Waals surface area contributed by atoms with E-state index in [9.17, 15) is 4.79 Å². The molecule has 0 radical (unpaired) electrons. The van der Waals surface area contributed by atoms with E-state index in [1.165, 1.54) is 32.4 Å². The van der Waals surface area contributed by atoms with E-state index in [0.29, 0.717) is 0 Å². The molecule has 200 valence electrons. The van der Waals surface area contributed by atoms with Crippen molar-refractivity contribution in [3.05, 3.63) is 60.4 Å². The van der Waals surface area contributed by atoms with E-state index >= 15 is 0 Å². The van der Waals surface area contributed by atoms with Gasteiger partial charge in [-0.05, 0) is 95.6 Å². The summed E-state index contributed by atoms with van der Waals surface area (Å²) in [5.74, 6) is -0.0237. The molecule has 2 aliphatic rings. The van der Waals surface area contributed by atoms with E-state index in [1.54, 1.807) is 12.3 Å². The lowest BCUT2D eigenvalue weighted by Crippen LogP contribution is -2.42. The zero-order valence-electron chi connectivity index (χ0n) is 22.5. The second-order valence-corrected chi connectivity index (χ2v) is 10.7. The number of hydrogen-bond acceptors (Lipinski definition) is 6. The summed E-state index contributed by atoms with van der Waals surface area (Å²) in [6, 6.07) is 12.6. The Morgan fingerprint density at radius 1 is 1.05 bits per heavy atom. The van der Waals surface area contributed by atoms with Gasteiger partial charge in [-0.25, -0.2) is 4.98 Å². The first kappa shape index (κ1) is 26.3. The van der Waals surface area contributed by atoms with Crippen molar-refractivity contribution in [2.45, 2.75) is 44.6 Å². The molecule has 2 fully saturated rings. The van der Waals surface area contributed by atoms with Gasteiger partial charge in [0.2, 0.25) is 5.91 Å². The summed E-state index contributed by atoms with van der Waals surface area (Å²) < 4.78 is 0. The van der Waals surface area contributed by atoms with Crippen LogP contribution >= 0.6 is 0 Å². The average molecular weight is 513 g/mol. The van der Waals surface area contributed by atoms with Crippen molar-refractivity contribution in [2.75, 3.05) is 51.6 Å². The van der Waals surface area contributed by atoms with Crippen LogP contribution in [0, 0.1) is 0 Å². The van der Waals surface area contributed by atoms with Crippen molar-refractivity contribution in [1.82, 2.24) is 25.1 Å². The summed E-state index contributed by atoms with van der Waals surface area (Å²) in [7, 11) is 2.13. The molecule has 38 heavy (non-hydrogen) atoms. The van der Waals surface area contributed by atoms with Crippen molar-refractivity contribution in [3.63, 3.8) is 0 Å². The van der Waals surface area contributed by atoms with Gasteiger partial charge in [0, 0.05) is 47.7 Å². The molecule has 4 heterocycles. The second-order valence-electron chi connectivity index (χ2n) is 10.7. The first-order valence-electron chi connectivity index (χ1n) is 14.1. The Morgan fingerprint density at radius 3 is 2.63 bits per heavy atom. The molecule has 0 aliphatic carbocycles. The van der Waals surface area contributed by atoms with Crippen LogP contribution in [0.25, 0.3) is 28.2 Å². The molecule has 2 aliphatic heterocycles. The number of likely N-dealkylation sites (tertiary alicyclic amines) is 2. The minimum Gasteiger partial charge on any atom is -0.384 e. The quantitative estimate of drug-likeness (QED) is 0.317. The highest BCUT2D eigenvalue weighted by atomic mass is 16.1. The molecular weight excluding hydrogens is 472 g/mol. The Balaban J connectivity index is 1.21. The van der Waals surface area contributed by atoms with Gasteiger partial charge in [0.1, 0.15) is 0 Å². The lowest BCUT2D eigenvalue weighted by molar-refractivity contribution is -0.117. The number of carbonyl (C=O) groups is 1. The molecule has 1 amide bonds. The van der Waals surface area contributed by atoms with Gasteiger partial charge in [0.25, 0.3) is 0 Å². The lowest BCUT2D eigenvalue weighted by atomic mass is 10.1. The zero-order chi connectivity index (χ0) is 26.2. The van der Waals surface area contributed by atoms with Gasteiger partial charge < -0.3 is 20.4 Å². The van der Waals surface area contributed by atoms with E-state index in [2.05, 4.69) is 50.7 Å². The van der Waals surface area contributed by atoms with Gasteiger partial charge >= 0.3 is 0 Å². The van der Waals surface area contributed by atoms with Crippen LogP contribution < -0.4 is 10.6 Å². The van der Waals surface area contributed by atoms with Crippen LogP contribution in [0.1, 0.15) is 44.1 Å². The van der Waals surface area contributed by atoms with Crippen LogP contribution in [-0.4, -0.2) is 78.0 Å². The molecule has 0 spiro atoms. The van der Waals surface area contributed by atoms with Gasteiger partial charge in [0.05, 0.1) is 11.2 Å². The minimum atomic E-state index is -0.0237. The first-order chi connectivity index (χ1) is 18.6. The number of anilines is 1. The Morgan fingerprint density at radius 2 is 1.84 bits per heavy atom. The summed E-state index contributed by atoms with van der Waals surface area (Å²) in [6.45, 7) is 6.61. The fourth-order valence-electron chi connectivity index (χ4n) is 5.41. The van der Waals surface area contributed by atoms with E-state index in [-0.39, 0.29) is 11.9 Å². The predicted molar refractivity (Wildman–Crippen MR) is 156 cm³/mol. The van der Waals surface area contributed by atoms with Gasteiger partial charge in [-0.15, -0.1) is 0 Å². The number of carbonyl (C=O) groups excluding carboxylic acids is 1. The maximum Gasteiger partial charge on any atom is 0.244 e. The molecular formula is C31H40N6O. The molecule has 2 aromatic heterocycles. The second kappa shape index (κ2) is 13.0. The Hall–Kier alpha value is -3.29. The van der Waals surface area contributed by atoms with Crippen LogP contribution in [0.15, 0.2) is 54.9 Å². The standard InChI is InChI=1S/C31H40N6O/c1-36-20-13-26(14-21-36)34-31(38)11-8-24-6-9-25(10-7-24)29-22-30(27-23-32-16-12-28(27)35-29)33-15-5-19-37-17-3-2-4-18-37/h6-12,16,22-23,26H,2-5,13-15,17-21H2,1H3,(H,33,35)(H,34,38). The molecule has 2 N–H and O–H groups in total. The highest BCUT2D eigenvalue weighted by Gasteiger charge is 2.17. The lowest BCUT2D eigenvalue weighted by Gasteiger charge is -2.29. The van der Waals surface area contributed by atoms with Crippen molar-refractivity contribution < 1.29 is 4.79 Å². The summed E-state index contributed by atoms with van der Waals surface area (Å²) >= 11 is 0. The van der Waals surface area contributed by atoms with Crippen LogP contribution in [0.4, 0.5) is 5.69 Å². The van der Waals surface area contributed by atoms with Gasteiger partial charge in [-0.3, -0.25) is 9.78 Å². The molecule has 0 atom stereocenters. The summed E-state index contributed by atoms with van der Waals surface area (Å²) in [6.07, 6.45) is 14.4. The topological polar surface area (TPSA) is 73.4 Å². The predicted octanol–water partition coefficient (Wildman–Crippen LogP) is 4.81. The third kappa shape index (κ3) is 7.17. The monoisotopic (exact) mass is 512 g/mol. The number of nitrogens with one attached hydrogen (secondary N) is 2. The maximum absolute atomic E-state index is 12.4. The minimum absolute atomic E-state index is 0.0237. The number of fused-ring (bicyclic) bond motifs is 1. The van der Waals surface area contributed by atoms with Crippen LogP contribution in [-0.2, 0) is 4.79 Å². The van der Waals surface area contributed by atoms with Crippen LogP contribution in [0.3, 0.4) is 0 Å². The summed E-state index contributed by atoms with van der Waals surface area (Å²) in [5.41, 5.74) is 4.98. The van der Waals surface area contributed by atoms with E-state index < -0.39 is 0 Å². The molecule has 0 bridgehead atoms.